The fourth-order valence-corrected chi connectivity index (χ4v) is 3.71. The van der Waals surface area contributed by atoms with Gasteiger partial charge in [0.1, 0.15) is 0 Å². The number of nitrogens with one attached hydrogen (secondary N) is 1. The molecule has 4 nitrogen and oxygen atoms in total. The maximum absolute atomic E-state index is 12.4. The largest absolute Gasteiger partial charge is 0.378 e. The van der Waals surface area contributed by atoms with Crippen LogP contribution in [0.5, 0.6) is 0 Å². The van der Waals surface area contributed by atoms with E-state index in [0.29, 0.717) is 6.10 Å². The molecule has 0 radical (unpaired) electrons. The van der Waals surface area contributed by atoms with Crippen LogP contribution in [-0.2, 0) is 16.0 Å². The number of hydrogen-bond acceptors (Lipinski definition) is 4. The molecule has 1 fully saturated rings. The second-order valence-corrected chi connectivity index (χ2v) is 7.29. The summed E-state index contributed by atoms with van der Waals surface area (Å²) in [5.41, 5.74) is 0. The number of ether oxygens (including phenoxy) is 1. The number of hydrogen-bond donors (Lipinski definition) is 1. The molecule has 0 unspecified atom stereocenters. The van der Waals surface area contributed by atoms with Crippen molar-refractivity contribution in [2.75, 3.05) is 26.2 Å². The predicted octanol–water partition coefficient (Wildman–Crippen LogP) is 3.08. The van der Waals surface area contributed by atoms with Gasteiger partial charge in [-0.05, 0) is 57.0 Å². The van der Waals surface area contributed by atoms with Gasteiger partial charge in [-0.3, -0.25) is 9.69 Å². The van der Waals surface area contributed by atoms with Gasteiger partial charge in [0.05, 0.1) is 12.1 Å². The van der Waals surface area contributed by atoms with Gasteiger partial charge in [0, 0.05) is 24.6 Å². The van der Waals surface area contributed by atoms with E-state index in [-0.39, 0.29) is 11.9 Å². The Kier molecular flexibility index (Phi) is 8.06. The molecule has 0 aromatic carbocycles. The van der Waals surface area contributed by atoms with E-state index in [1.54, 1.807) is 11.3 Å². The fourth-order valence-electron chi connectivity index (χ4n) is 3.00. The van der Waals surface area contributed by atoms with Gasteiger partial charge >= 0.3 is 0 Å². The molecule has 5 heteroatoms. The van der Waals surface area contributed by atoms with Crippen LogP contribution in [0.2, 0.25) is 0 Å². The third kappa shape index (κ3) is 6.24. The molecular formula is C18H30N2O2S. The molecule has 2 rings (SSSR count). The van der Waals surface area contributed by atoms with Crippen LogP contribution in [-0.4, -0.2) is 49.2 Å². The first-order valence-electron chi connectivity index (χ1n) is 8.86. The number of likely N-dealkylation sites (tertiary alicyclic amines) is 1. The second kappa shape index (κ2) is 10.1. The van der Waals surface area contributed by atoms with E-state index in [1.165, 1.54) is 4.88 Å². The van der Waals surface area contributed by atoms with Gasteiger partial charge in [-0.25, -0.2) is 0 Å². The number of carbonyl (C=O) groups excluding carboxylic acids is 1. The molecule has 0 saturated carbocycles. The molecule has 130 valence electrons. The lowest BCUT2D eigenvalue weighted by molar-refractivity contribution is -0.125. The summed E-state index contributed by atoms with van der Waals surface area (Å²) in [6, 6.07) is 4.12. The van der Waals surface area contributed by atoms with Gasteiger partial charge < -0.3 is 10.1 Å². The topological polar surface area (TPSA) is 41.6 Å². The molecule has 0 bridgehead atoms. The lowest BCUT2D eigenvalue weighted by atomic mass is 10.1. The zero-order valence-electron chi connectivity index (χ0n) is 14.4. The van der Waals surface area contributed by atoms with E-state index >= 15 is 0 Å². The monoisotopic (exact) mass is 338 g/mol. The molecule has 2 heterocycles. The molecule has 1 N–H and O–H groups in total. The van der Waals surface area contributed by atoms with Crippen molar-refractivity contribution in [3.8, 4) is 0 Å². The molecule has 1 amide bonds. The van der Waals surface area contributed by atoms with E-state index in [9.17, 15) is 4.79 Å². The molecule has 1 aliphatic rings. The molecule has 2 atom stereocenters. The summed E-state index contributed by atoms with van der Waals surface area (Å²) < 4.78 is 5.88. The number of thiophene rings is 1. The summed E-state index contributed by atoms with van der Waals surface area (Å²) in [5, 5.41) is 5.16. The summed E-state index contributed by atoms with van der Waals surface area (Å²) in [6.45, 7) is 7.68. The van der Waals surface area contributed by atoms with Crippen LogP contribution in [0.3, 0.4) is 0 Å². The number of rotatable bonds is 8. The van der Waals surface area contributed by atoms with Crippen molar-refractivity contribution in [1.29, 1.82) is 0 Å². The maximum Gasteiger partial charge on any atom is 0.237 e. The first-order chi connectivity index (χ1) is 11.2. The van der Waals surface area contributed by atoms with E-state index < -0.39 is 0 Å². The Balaban J connectivity index is 1.71. The highest BCUT2D eigenvalue weighted by Gasteiger charge is 2.24. The van der Waals surface area contributed by atoms with Crippen LogP contribution in [0.25, 0.3) is 0 Å². The number of carbonyl (C=O) groups is 1. The summed E-state index contributed by atoms with van der Waals surface area (Å²) in [5.74, 6) is 0.148. The minimum atomic E-state index is -0.0525. The van der Waals surface area contributed by atoms with Gasteiger partial charge in [0.2, 0.25) is 5.91 Å². The molecule has 1 aliphatic heterocycles. The van der Waals surface area contributed by atoms with Crippen molar-refractivity contribution in [2.45, 2.75) is 58.1 Å². The van der Waals surface area contributed by atoms with Crippen molar-refractivity contribution in [3.63, 3.8) is 0 Å². The highest BCUT2D eigenvalue weighted by molar-refractivity contribution is 7.09. The summed E-state index contributed by atoms with van der Waals surface area (Å²) in [6.07, 6.45) is 5.62. The molecule has 1 aromatic heterocycles. The molecule has 0 spiro atoms. The van der Waals surface area contributed by atoms with Gasteiger partial charge in [0.25, 0.3) is 0 Å². The van der Waals surface area contributed by atoms with Crippen LogP contribution < -0.4 is 5.32 Å². The molecule has 1 aromatic rings. The van der Waals surface area contributed by atoms with Crippen LogP contribution in [0.1, 0.15) is 44.4 Å². The smallest absolute Gasteiger partial charge is 0.237 e. The Hall–Kier alpha value is -0.910. The zero-order valence-corrected chi connectivity index (χ0v) is 15.2. The molecular weight excluding hydrogens is 308 g/mol. The van der Waals surface area contributed by atoms with E-state index in [2.05, 4.69) is 34.7 Å². The van der Waals surface area contributed by atoms with Crippen LogP contribution in [0.15, 0.2) is 17.5 Å². The summed E-state index contributed by atoms with van der Waals surface area (Å²) in [7, 11) is 0. The SMILES string of the molecule is CCCO[C@@H]1CCCN([C@@H](C)C(=O)NCCc2cccs2)CC1. The zero-order chi connectivity index (χ0) is 16.5. The minimum absolute atomic E-state index is 0.0525. The molecule has 23 heavy (non-hydrogen) atoms. The predicted molar refractivity (Wildman–Crippen MR) is 95.9 cm³/mol. The van der Waals surface area contributed by atoms with Crippen molar-refractivity contribution in [3.05, 3.63) is 22.4 Å². The third-order valence-electron chi connectivity index (χ3n) is 4.45. The Morgan fingerprint density at radius 3 is 3.09 bits per heavy atom. The van der Waals surface area contributed by atoms with Crippen molar-refractivity contribution in [2.24, 2.45) is 0 Å². The molecule has 1 saturated heterocycles. The van der Waals surface area contributed by atoms with Crippen molar-refractivity contribution >= 4 is 17.2 Å². The average molecular weight is 339 g/mol. The van der Waals surface area contributed by atoms with Crippen molar-refractivity contribution in [1.82, 2.24) is 10.2 Å². The maximum atomic E-state index is 12.4. The summed E-state index contributed by atoms with van der Waals surface area (Å²) in [4.78, 5) is 16.0. The Morgan fingerprint density at radius 2 is 2.35 bits per heavy atom. The third-order valence-corrected chi connectivity index (χ3v) is 5.38. The Bertz CT molecular complexity index is 450. The first-order valence-corrected chi connectivity index (χ1v) is 9.74. The highest BCUT2D eigenvalue weighted by atomic mass is 32.1. The van der Waals surface area contributed by atoms with Gasteiger partial charge in [-0.1, -0.05) is 13.0 Å². The van der Waals surface area contributed by atoms with Gasteiger partial charge in [-0.2, -0.15) is 0 Å². The standard InChI is InChI=1S/C18H30N2O2S/c1-3-13-22-16-6-4-11-20(12-9-16)15(2)18(21)19-10-8-17-7-5-14-23-17/h5,7,14-16H,3-4,6,8-13H2,1-2H3,(H,19,21)/t15-,16+/m0/s1. The van der Waals surface area contributed by atoms with Crippen LogP contribution in [0.4, 0.5) is 0 Å². The lowest BCUT2D eigenvalue weighted by Crippen LogP contribution is -2.46. The summed E-state index contributed by atoms with van der Waals surface area (Å²) >= 11 is 1.74. The van der Waals surface area contributed by atoms with E-state index in [1.807, 2.05) is 6.92 Å². The Morgan fingerprint density at radius 1 is 1.48 bits per heavy atom. The van der Waals surface area contributed by atoms with Gasteiger partial charge in [0.15, 0.2) is 0 Å². The van der Waals surface area contributed by atoms with E-state index in [4.69, 9.17) is 4.74 Å². The Labute approximate surface area is 144 Å². The lowest BCUT2D eigenvalue weighted by Gasteiger charge is -2.26. The van der Waals surface area contributed by atoms with Crippen LogP contribution in [0, 0.1) is 0 Å². The number of nitrogens with zero attached hydrogens (tertiary/aromatic N) is 1. The van der Waals surface area contributed by atoms with Crippen LogP contribution >= 0.6 is 11.3 Å². The fraction of sp³-hybridized carbons (Fsp3) is 0.722. The molecule has 0 aliphatic carbocycles. The normalized spacial score (nSPS) is 20.9. The highest BCUT2D eigenvalue weighted by Crippen LogP contribution is 2.16. The second-order valence-electron chi connectivity index (χ2n) is 6.26. The first kappa shape index (κ1) is 18.4. The van der Waals surface area contributed by atoms with Gasteiger partial charge in [-0.15, -0.1) is 11.3 Å². The van der Waals surface area contributed by atoms with E-state index in [0.717, 1.165) is 58.3 Å². The van der Waals surface area contributed by atoms with Crippen molar-refractivity contribution < 1.29 is 9.53 Å². The number of amides is 1. The average Bonchev–Trinajstić information content (AvgIpc) is 2.96. The minimum Gasteiger partial charge on any atom is -0.378 e. The quantitative estimate of drug-likeness (QED) is 0.792.